The second-order valence-electron chi connectivity index (χ2n) is 5.32. The topological polar surface area (TPSA) is 66.0 Å². The van der Waals surface area contributed by atoms with Crippen LogP contribution in [0.2, 0.25) is 0 Å². The smallest absolute Gasteiger partial charge is 0.250 e. The van der Waals surface area contributed by atoms with E-state index in [0.717, 1.165) is 22.4 Å². The Kier molecular flexibility index (Phi) is 4.34. The molecule has 0 atom stereocenters. The Balaban J connectivity index is 1.80. The van der Waals surface area contributed by atoms with Crippen molar-refractivity contribution in [2.45, 2.75) is 0 Å². The summed E-state index contributed by atoms with van der Waals surface area (Å²) in [7, 11) is 3.86. The molecule has 0 aliphatic carbocycles. The summed E-state index contributed by atoms with van der Waals surface area (Å²) in [5.41, 5.74) is 3.73. The maximum atomic E-state index is 8.96. The number of nitrogens with zero attached hydrogens (tertiary/aromatic N) is 5. The van der Waals surface area contributed by atoms with Gasteiger partial charge in [-0.05, 0) is 36.4 Å². The molecular formula is C17H19N5O. The van der Waals surface area contributed by atoms with Crippen molar-refractivity contribution in [2.75, 3.05) is 25.1 Å². The van der Waals surface area contributed by atoms with Gasteiger partial charge in [0.1, 0.15) is 0 Å². The van der Waals surface area contributed by atoms with E-state index in [2.05, 4.69) is 15.2 Å². The van der Waals surface area contributed by atoms with Gasteiger partial charge in [0.2, 0.25) is 5.95 Å². The standard InChI is InChI=1S/C17H19N5O/c1-21(11-12-23)14-9-7-13(8-10-14)19-20-17-18-15-5-3-4-6-16(15)22(17)2/h3-10,23H,11-12H2,1-2H3. The number of aromatic nitrogens is 2. The number of hydrogen-bond acceptors (Lipinski definition) is 5. The number of aliphatic hydroxyl groups excluding tert-OH is 1. The van der Waals surface area contributed by atoms with Crippen LogP contribution in [0.15, 0.2) is 58.8 Å². The molecule has 0 aliphatic heterocycles. The first-order chi connectivity index (χ1) is 11.2. The number of anilines is 1. The van der Waals surface area contributed by atoms with Crippen LogP contribution in [0.4, 0.5) is 17.3 Å². The van der Waals surface area contributed by atoms with Crippen LogP contribution in [-0.2, 0) is 7.05 Å². The minimum Gasteiger partial charge on any atom is -0.395 e. The number of benzene rings is 2. The molecule has 0 fully saturated rings. The van der Waals surface area contributed by atoms with Gasteiger partial charge in [0.25, 0.3) is 0 Å². The van der Waals surface area contributed by atoms with Gasteiger partial charge in [0, 0.05) is 26.3 Å². The van der Waals surface area contributed by atoms with Gasteiger partial charge in [0.15, 0.2) is 0 Å². The van der Waals surface area contributed by atoms with Gasteiger partial charge >= 0.3 is 0 Å². The number of para-hydroxylation sites is 2. The molecule has 0 aliphatic rings. The zero-order chi connectivity index (χ0) is 16.2. The van der Waals surface area contributed by atoms with E-state index < -0.39 is 0 Å². The Bertz CT molecular complexity index is 823. The van der Waals surface area contributed by atoms with Crippen molar-refractivity contribution in [3.63, 3.8) is 0 Å². The molecule has 0 amide bonds. The summed E-state index contributed by atoms with van der Waals surface area (Å²) >= 11 is 0. The monoisotopic (exact) mass is 309 g/mol. The Morgan fingerprint density at radius 1 is 1.09 bits per heavy atom. The number of hydrogen-bond donors (Lipinski definition) is 1. The predicted molar refractivity (Wildman–Crippen MR) is 91.7 cm³/mol. The normalized spacial score (nSPS) is 11.4. The molecule has 23 heavy (non-hydrogen) atoms. The SMILES string of the molecule is CN(CCO)c1ccc(N=Nc2nc3ccccc3n2C)cc1. The zero-order valence-electron chi connectivity index (χ0n) is 13.2. The van der Waals surface area contributed by atoms with E-state index in [1.54, 1.807) is 0 Å². The summed E-state index contributed by atoms with van der Waals surface area (Å²) < 4.78 is 1.92. The Morgan fingerprint density at radius 2 is 1.83 bits per heavy atom. The van der Waals surface area contributed by atoms with Crippen molar-refractivity contribution in [3.05, 3.63) is 48.5 Å². The zero-order valence-corrected chi connectivity index (χ0v) is 13.2. The molecule has 0 saturated heterocycles. The summed E-state index contributed by atoms with van der Waals surface area (Å²) in [6.45, 7) is 0.728. The van der Waals surface area contributed by atoms with Crippen LogP contribution in [0.3, 0.4) is 0 Å². The highest BCUT2D eigenvalue weighted by Gasteiger charge is 2.05. The number of fused-ring (bicyclic) bond motifs is 1. The van der Waals surface area contributed by atoms with Crippen molar-refractivity contribution in [2.24, 2.45) is 17.3 Å². The molecule has 6 nitrogen and oxygen atoms in total. The average Bonchev–Trinajstić information content (AvgIpc) is 2.90. The summed E-state index contributed by atoms with van der Waals surface area (Å²) in [5, 5.41) is 17.5. The molecule has 3 rings (SSSR count). The molecule has 6 heteroatoms. The van der Waals surface area contributed by atoms with Gasteiger partial charge in [-0.25, -0.2) is 4.98 Å². The molecule has 0 spiro atoms. The van der Waals surface area contributed by atoms with Crippen molar-refractivity contribution in [1.29, 1.82) is 0 Å². The summed E-state index contributed by atoms with van der Waals surface area (Å²) in [6.07, 6.45) is 0. The fourth-order valence-corrected chi connectivity index (χ4v) is 2.38. The lowest BCUT2D eigenvalue weighted by Crippen LogP contribution is -2.20. The molecule has 0 saturated carbocycles. The molecule has 1 heterocycles. The highest BCUT2D eigenvalue weighted by atomic mass is 16.3. The first-order valence-corrected chi connectivity index (χ1v) is 7.44. The number of imidazole rings is 1. The molecular weight excluding hydrogens is 290 g/mol. The molecule has 0 radical (unpaired) electrons. The first kappa shape index (κ1) is 15.2. The first-order valence-electron chi connectivity index (χ1n) is 7.44. The molecule has 118 valence electrons. The van der Waals surface area contributed by atoms with E-state index in [9.17, 15) is 0 Å². The minimum atomic E-state index is 0.130. The average molecular weight is 309 g/mol. The molecule has 0 bridgehead atoms. The van der Waals surface area contributed by atoms with Gasteiger partial charge in [0.05, 0.1) is 23.3 Å². The highest BCUT2D eigenvalue weighted by molar-refractivity contribution is 5.77. The largest absolute Gasteiger partial charge is 0.395 e. The summed E-state index contributed by atoms with van der Waals surface area (Å²) in [5.74, 6) is 0.577. The van der Waals surface area contributed by atoms with Crippen molar-refractivity contribution < 1.29 is 5.11 Å². The predicted octanol–water partition coefficient (Wildman–Crippen LogP) is 3.42. The van der Waals surface area contributed by atoms with Crippen LogP contribution in [0, 0.1) is 0 Å². The lowest BCUT2D eigenvalue weighted by atomic mass is 10.2. The van der Waals surface area contributed by atoms with Crippen LogP contribution >= 0.6 is 0 Å². The lowest BCUT2D eigenvalue weighted by Gasteiger charge is -2.17. The van der Waals surface area contributed by atoms with Crippen LogP contribution in [-0.4, -0.2) is 34.9 Å². The third-order valence-corrected chi connectivity index (χ3v) is 3.74. The maximum absolute atomic E-state index is 8.96. The van der Waals surface area contributed by atoms with Gasteiger partial charge < -0.3 is 14.6 Å². The lowest BCUT2D eigenvalue weighted by molar-refractivity contribution is 0.304. The number of aryl methyl sites for hydroxylation is 1. The third kappa shape index (κ3) is 3.22. The van der Waals surface area contributed by atoms with Gasteiger partial charge in [-0.2, -0.15) is 0 Å². The van der Waals surface area contributed by atoms with Crippen LogP contribution in [0.25, 0.3) is 11.0 Å². The summed E-state index contributed by atoms with van der Waals surface area (Å²) in [6, 6.07) is 15.6. The van der Waals surface area contributed by atoms with E-state index >= 15 is 0 Å². The molecule has 1 aromatic heterocycles. The number of azo groups is 1. The molecule has 1 N–H and O–H groups in total. The van der Waals surface area contributed by atoms with Crippen molar-refractivity contribution in [3.8, 4) is 0 Å². The second kappa shape index (κ2) is 6.58. The third-order valence-electron chi connectivity index (χ3n) is 3.74. The second-order valence-corrected chi connectivity index (χ2v) is 5.32. The maximum Gasteiger partial charge on any atom is 0.250 e. The van der Waals surface area contributed by atoms with Gasteiger partial charge in [-0.1, -0.05) is 12.1 Å². The fraction of sp³-hybridized carbons (Fsp3) is 0.235. The molecule has 3 aromatic rings. The number of likely N-dealkylation sites (N-methyl/N-ethyl adjacent to an activating group) is 1. The van der Waals surface area contributed by atoms with Crippen molar-refractivity contribution >= 4 is 28.4 Å². The highest BCUT2D eigenvalue weighted by Crippen LogP contribution is 2.23. The van der Waals surface area contributed by atoms with E-state index in [1.165, 1.54) is 0 Å². The fourth-order valence-electron chi connectivity index (χ4n) is 2.38. The van der Waals surface area contributed by atoms with Crippen molar-refractivity contribution in [1.82, 2.24) is 9.55 Å². The molecule has 0 unspecified atom stereocenters. The van der Waals surface area contributed by atoms with Crippen LogP contribution in [0.5, 0.6) is 0 Å². The van der Waals surface area contributed by atoms with Crippen LogP contribution < -0.4 is 4.90 Å². The van der Waals surface area contributed by atoms with E-state index in [1.807, 2.05) is 72.1 Å². The van der Waals surface area contributed by atoms with Gasteiger partial charge in [-0.15, -0.1) is 10.2 Å². The Hall–Kier alpha value is -2.73. The van der Waals surface area contributed by atoms with E-state index in [0.29, 0.717) is 12.5 Å². The summed E-state index contributed by atoms with van der Waals surface area (Å²) in [4.78, 5) is 6.44. The van der Waals surface area contributed by atoms with Crippen LogP contribution in [0.1, 0.15) is 0 Å². The minimum absolute atomic E-state index is 0.130. The Morgan fingerprint density at radius 3 is 2.52 bits per heavy atom. The van der Waals surface area contributed by atoms with E-state index in [4.69, 9.17) is 5.11 Å². The Labute approximate surface area is 134 Å². The number of rotatable bonds is 5. The number of aliphatic hydroxyl groups is 1. The molecule has 2 aromatic carbocycles. The van der Waals surface area contributed by atoms with E-state index in [-0.39, 0.29) is 6.61 Å². The van der Waals surface area contributed by atoms with Gasteiger partial charge in [-0.3, -0.25) is 0 Å². The quantitative estimate of drug-likeness (QED) is 0.734.